The molecule has 3 unspecified atom stereocenters. The van der Waals surface area contributed by atoms with E-state index in [1.807, 2.05) is 20.8 Å². The molecule has 1 aliphatic heterocycles. The first kappa shape index (κ1) is 13.5. The van der Waals surface area contributed by atoms with Crippen LogP contribution < -0.4 is 0 Å². The third kappa shape index (κ3) is 2.38. The smallest absolute Gasteiger partial charge is 0.323 e. The van der Waals surface area contributed by atoms with Gasteiger partial charge >= 0.3 is 5.97 Å². The minimum Gasteiger partial charge on any atom is -0.480 e. The third-order valence-electron chi connectivity index (χ3n) is 3.95. The number of carbonyl (C=O) groups is 1. The molecule has 0 radical (unpaired) electrons. The van der Waals surface area contributed by atoms with Crippen molar-refractivity contribution in [1.29, 1.82) is 0 Å². The summed E-state index contributed by atoms with van der Waals surface area (Å²) in [6.07, 6.45) is 2.84. The summed E-state index contributed by atoms with van der Waals surface area (Å²) >= 11 is 0. The predicted molar refractivity (Wildman–Crippen MR) is 62.5 cm³/mol. The zero-order valence-electron chi connectivity index (χ0n) is 10.7. The molecule has 4 heteroatoms. The monoisotopic (exact) mass is 229 g/mol. The van der Waals surface area contributed by atoms with Crippen molar-refractivity contribution in [3.8, 4) is 0 Å². The average molecular weight is 229 g/mol. The van der Waals surface area contributed by atoms with E-state index in [2.05, 4.69) is 4.90 Å². The van der Waals surface area contributed by atoms with Gasteiger partial charge in [0.2, 0.25) is 0 Å². The van der Waals surface area contributed by atoms with E-state index in [1.54, 1.807) is 7.11 Å². The fraction of sp³-hybridized carbons (Fsp3) is 0.917. The van der Waals surface area contributed by atoms with Crippen LogP contribution >= 0.6 is 0 Å². The summed E-state index contributed by atoms with van der Waals surface area (Å²) in [4.78, 5) is 13.5. The van der Waals surface area contributed by atoms with Crippen LogP contribution in [0.5, 0.6) is 0 Å². The summed E-state index contributed by atoms with van der Waals surface area (Å²) in [5.74, 6) is -0.720. The van der Waals surface area contributed by atoms with E-state index in [9.17, 15) is 9.90 Å². The predicted octanol–water partition coefficient (Wildman–Crippen LogP) is 1.74. The minimum absolute atomic E-state index is 0.0526. The average Bonchev–Trinajstić information content (AvgIpc) is 2.27. The normalized spacial score (nSPS) is 31.0. The Hall–Kier alpha value is -0.610. The minimum atomic E-state index is -0.732. The number of piperidine rings is 1. The van der Waals surface area contributed by atoms with Gasteiger partial charge in [-0.25, -0.2) is 0 Å². The molecular weight excluding hydrogens is 206 g/mol. The Morgan fingerprint density at radius 1 is 1.44 bits per heavy atom. The first-order chi connectivity index (χ1) is 7.43. The number of hydrogen-bond acceptors (Lipinski definition) is 3. The van der Waals surface area contributed by atoms with E-state index in [4.69, 9.17) is 4.74 Å². The SMILES string of the molecule is COC(C)C(C)N1CCCCC1(C)C(=O)O. The van der Waals surface area contributed by atoms with Crippen molar-refractivity contribution < 1.29 is 14.6 Å². The highest BCUT2D eigenvalue weighted by atomic mass is 16.5. The van der Waals surface area contributed by atoms with Crippen molar-refractivity contribution in [2.75, 3.05) is 13.7 Å². The van der Waals surface area contributed by atoms with Gasteiger partial charge in [0.1, 0.15) is 5.54 Å². The molecule has 0 amide bonds. The molecule has 1 rings (SSSR count). The van der Waals surface area contributed by atoms with Crippen molar-refractivity contribution in [2.45, 2.75) is 57.7 Å². The maximum Gasteiger partial charge on any atom is 0.323 e. The van der Waals surface area contributed by atoms with Crippen LogP contribution in [0.15, 0.2) is 0 Å². The standard InChI is InChI=1S/C12H23NO3/c1-9(10(2)16-4)13-8-6-5-7-12(13,3)11(14)15/h9-10H,5-8H2,1-4H3,(H,14,15). The lowest BCUT2D eigenvalue weighted by molar-refractivity contribution is -0.157. The first-order valence-corrected chi connectivity index (χ1v) is 5.96. The number of aliphatic carboxylic acids is 1. The molecule has 0 spiro atoms. The van der Waals surface area contributed by atoms with Crippen molar-refractivity contribution in [3.63, 3.8) is 0 Å². The molecule has 1 heterocycles. The Balaban J connectivity index is 2.86. The summed E-state index contributed by atoms with van der Waals surface area (Å²) in [6.45, 7) is 6.70. The van der Waals surface area contributed by atoms with Gasteiger partial charge in [0.25, 0.3) is 0 Å². The van der Waals surface area contributed by atoms with E-state index in [0.29, 0.717) is 0 Å². The fourth-order valence-corrected chi connectivity index (χ4v) is 2.47. The first-order valence-electron chi connectivity index (χ1n) is 5.96. The van der Waals surface area contributed by atoms with E-state index < -0.39 is 11.5 Å². The van der Waals surface area contributed by atoms with Gasteiger partial charge in [0.05, 0.1) is 6.10 Å². The topological polar surface area (TPSA) is 49.8 Å². The Bertz CT molecular complexity index is 257. The molecule has 1 saturated heterocycles. The Labute approximate surface area is 97.6 Å². The number of carboxylic acid groups (broad SMARTS) is 1. The zero-order chi connectivity index (χ0) is 12.3. The quantitative estimate of drug-likeness (QED) is 0.797. The Morgan fingerprint density at radius 2 is 2.06 bits per heavy atom. The molecule has 1 aliphatic rings. The summed E-state index contributed by atoms with van der Waals surface area (Å²) in [5.41, 5.74) is -0.732. The second kappa shape index (κ2) is 5.15. The van der Waals surface area contributed by atoms with Gasteiger partial charge in [-0.3, -0.25) is 9.69 Å². The number of ether oxygens (including phenoxy) is 1. The second-order valence-corrected chi connectivity index (χ2v) is 4.91. The zero-order valence-corrected chi connectivity index (χ0v) is 10.7. The van der Waals surface area contributed by atoms with Crippen LogP contribution in [0.1, 0.15) is 40.0 Å². The lowest BCUT2D eigenvalue weighted by Gasteiger charge is -2.46. The Kier molecular flexibility index (Phi) is 4.33. The van der Waals surface area contributed by atoms with Gasteiger partial charge in [0.15, 0.2) is 0 Å². The van der Waals surface area contributed by atoms with Crippen LogP contribution in [0, 0.1) is 0 Å². The number of rotatable bonds is 4. The van der Waals surface area contributed by atoms with Gasteiger partial charge in [-0.15, -0.1) is 0 Å². The number of methoxy groups -OCH3 is 1. The van der Waals surface area contributed by atoms with Gasteiger partial charge in [-0.2, -0.15) is 0 Å². The van der Waals surface area contributed by atoms with Gasteiger partial charge in [-0.1, -0.05) is 0 Å². The van der Waals surface area contributed by atoms with E-state index in [1.165, 1.54) is 0 Å². The summed E-state index contributed by atoms with van der Waals surface area (Å²) in [7, 11) is 1.67. The van der Waals surface area contributed by atoms with Crippen LogP contribution in [0.3, 0.4) is 0 Å². The van der Waals surface area contributed by atoms with E-state index in [0.717, 1.165) is 25.8 Å². The molecule has 94 valence electrons. The molecule has 0 aliphatic carbocycles. The Morgan fingerprint density at radius 3 is 2.56 bits per heavy atom. The lowest BCUT2D eigenvalue weighted by Crippen LogP contribution is -2.60. The van der Waals surface area contributed by atoms with E-state index in [-0.39, 0.29) is 12.1 Å². The molecule has 1 N–H and O–H groups in total. The number of nitrogens with zero attached hydrogens (tertiary/aromatic N) is 1. The molecule has 0 saturated carbocycles. The van der Waals surface area contributed by atoms with Gasteiger partial charge in [0, 0.05) is 13.2 Å². The van der Waals surface area contributed by atoms with Crippen LogP contribution in [0.4, 0.5) is 0 Å². The number of carboxylic acids is 1. The maximum atomic E-state index is 11.4. The molecule has 0 aromatic rings. The van der Waals surface area contributed by atoms with Crippen LogP contribution in [0.2, 0.25) is 0 Å². The highest BCUT2D eigenvalue weighted by molar-refractivity contribution is 5.78. The van der Waals surface area contributed by atoms with Crippen molar-refractivity contribution >= 4 is 5.97 Å². The molecule has 0 aromatic heterocycles. The maximum absolute atomic E-state index is 11.4. The summed E-state index contributed by atoms with van der Waals surface area (Å²) < 4.78 is 5.30. The molecule has 4 nitrogen and oxygen atoms in total. The second-order valence-electron chi connectivity index (χ2n) is 4.91. The fourth-order valence-electron chi connectivity index (χ4n) is 2.47. The third-order valence-corrected chi connectivity index (χ3v) is 3.95. The van der Waals surface area contributed by atoms with Gasteiger partial charge < -0.3 is 9.84 Å². The largest absolute Gasteiger partial charge is 0.480 e. The molecule has 3 atom stereocenters. The van der Waals surface area contributed by atoms with Crippen LogP contribution in [0.25, 0.3) is 0 Å². The molecule has 16 heavy (non-hydrogen) atoms. The molecular formula is C12H23NO3. The van der Waals surface area contributed by atoms with Crippen molar-refractivity contribution in [3.05, 3.63) is 0 Å². The molecule has 1 fully saturated rings. The highest BCUT2D eigenvalue weighted by Crippen LogP contribution is 2.31. The van der Waals surface area contributed by atoms with Gasteiger partial charge in [-0.05, 0) is 46.6 Å². The highest BCUT2D eigenvalue weighted by Gasteiger charge is 2.44. The van der Waals surface area contributed by atoms with Crippen molar-refractivity contribution in [1.82, 2.24) is 4.90 Å². The summed E-state index contributed by atoms with van der Waals surface area (Å²) in [5, 5.41) is 9.39. The number of likely N-dealkylation sites (tertiary alicyclic amines) is 1. The molecule has 0 aromatic carbocycles. The van der Waals surface area contributed by atoms with Crippen LogP contribution in [-0.2, 0) is 9.53 Å². The summed E-state index contributed by atoms with van der Waals surface area (Å²) in [6, 6.07) is 0.131. The number of hydrogen-bond donors (Lipinski definition) is 1. The lowest BCUT2D eigenvalue weighted by atomic mass is 9.86. The molecule has 0 bridgehead atoms. The van der Waals surface area contributed by atoms with E-state index >= 15 is 0 Å². The van der Waals surface area contributed by atoms with Crippen molar-refractivity contribution in [2.24, 2.45) is 0 Å². The van der Waals surface area contributed by atoms with Crippen LogP contribution in [-0.4, -0.2) is 47.3 Å².